The molecule has 0 saturated carbocycles. The van der Waals surface area contributed by atoms with Crippen LogP contribution in [0.25, 0.3) is 0 Å². The standard InChI is InChI=1S/C8H14O2/c1-5(2)4-7-6(3)8(9)10-7/h5-7H,4H2,1-3H3/t6-,7-/m1/s1. The fourth-order valence-corrected chi connectivity index (χ4v) is 1.15. The van der Waals surface area contributed by atoms with Gasteiger partial charge in [-0.05, 0) is 19.3 Å². The molecule has 1 saturated heterocycles. The molecule has 2 heteroatoms. The monoisotopic (exact) mass is 142 g/mol. The minimum atomic E-state index is -0.0364. The van der Waals surface area contributed by atoms with E-state index in [1.807, 2.05) is 6.92 Å². The molecule has 0 unspecified atom stereocenters. The van der Waals surface area contributed by atoms with Crippen molar-refractivity contribution >= 4 is 5.97 Å². The van der Waals surface area contributed by atoms with Crippen molar-refractivity contribution in [1.29, 1.82) is 0 Å². The van der Waals surface area contributed by atoms with Crippen LogP contribution in [0, 0.1) is 11.8 Å². The Kier molecular flexibility index (Phi) is 1.97. The van der Waals surface area contributed by atoms with Crippen molar-refractivity contribution in [2.45, 2.75) is 33.3 Å². The van der Waals surface area contributed by atoms with Gasteiger partial charge in [-0.3, -0.25) is 4.79 Å². The van der Waals surface area contributed by atoms with Crippen LogP contribution in [0.15, 0.2) is 0 Å². The first kappa shape index (κ1) is 7.58. The lowest BCUT2D eigenvalue weighted by Gasteiger charge is -2.33. The lowest BCUT2D eigenvalue weighted by Crippen LogP contribution is -2.43. The van der Waals surface area contributed by atoms with Gasteiger partial charge in [0.1, 0.15) is 6.10 Å². The van der Waals surface area contributed by atoms with Gasteiger partial charge in [-0.25, -0.2) is 0 Å². The van der Waals surface area contributed by atoms with Gasteiger partial charge in [-0.15, -0.1) is 0 Å². The van der Waals surface area contributed by atoms with Crippen LogP contribution in [-0.4, -0.2) is 12.1 Å². The molecule has 0 aromatic carbocycles. The minimum absolute atomic E-state index is 0.0364. The minimum Gasteiger partial charge on any atom is -0.461 e. The second kappa shape index (κ2) is 2.60. The van der Waals surface area contributed by atoms with E-state index in [1.54, 1.807) is 0 Å². The number of esters is 1. The molecule has 10 heavy (non-hydrogen) atoms. The zero-order valence-corrected chi connectivity index (χ0v) is 6.76. The van der Waals surface area contributed by atoms with Crippen LogP contribution in [-0.2, 0) is 9.53 Å². The topological polar surface area (TPSA) is 26.3 Å². The second-order valence-corrected chi connectivity index (χ2v) is 3.39. The van der Waals surface area contributed by atoms with E-state index in [2.05, 4.69) is 13.8 Å². The van der Waals surface area contributed by atoms with Crippen LogP contribution >= 0.6 is 0 Å². The zero-order chi connectivity index (χ0) is 7.72. The zero-order valence-electron chi connectivity index (χ0n) is 6.76. The smallest absolute Gasteiger partial charge is 0.312 e. The van der Waals surface area contributed by atoms with Gasteiger partial charge >= 0.3 is 5.97 Å². The van der Waals surface area contributed by atoms with E-state index in [0.717, 1.165) is 6.42 Å². The number of carbonyl (C=O) groups excluding carboxylic acids is 1. The van der Waals surface area contributed by atoms with Crippen molar-refractivity contribution in [1.82, 2.24) is 0 Å². The molecule has 58 valence electrons. The van der Waals surface area contributed by atoms with Crippen LogP contribution in [0.1, 0.15) is 27.2 Å². The molecule has 1 rings (SSSR count). The van der Waals surface area contributed by atoms with Gasteiger partial charge < -0.3 is 4.74 Å². The lowest BCUT2D eigenvalue weighted by atomic mass is 9.92. The summed E-state index contributed by atoms with van der Waals surface area (Å²) in [6.45, 7) is 6.20. The highest BCUT2D eigenvalue weighted by molar-refractivity contribution is 5.77. The SMILES string of the molecule is CC(C)C[C@H]1OC(=O)[C@@H]1C. The van der Waals surface area contributed by atoms with E-state index in [4.69, 9.17) is 4.74 Å². The second-order valence-electron chi connectivity index (χ2n) is 3.39. The van der Waals surface area contributed by atoms with E-state index in [-0.39, 0.29) is 18.0 Å². The first-order valence-corrected chi connectivity index (χ1v) is 3.81. The quantitative estimate of drug-likeness (QED) is 0.547. The average molecular weight is 142 g/mol. The van der Waals surface area contributed by atoms with Crippen molar-refractivity contribution < 1.29 is 9.53 Å². The van der Waals surface area contributed by atoms with Gasteiger partial charge in [0.2, 0.25) is 0 Å². The first-order chi connectivity index (χ1) is 4.61. The molecule has 0 bridgehead atoms. The number of hydrogen-bond donors (Lipinski definition) is 0. The maximum Gasteiger partial charge on any atom is 0.312 e. The lowest BCUT2D eigenvalue weighted by molar-refractivity contribution is -0.184. The molecule has 0 spiro atoms. The number of rotatable bonds is 2. The molecule has 0 aromatic rings. The third-order valence-corrected chi connectivity index (χ3v) is 1.90. The predicted octanol–water partition coefficient (Wildman–Crippen LogP) is 1.59. The Balaban J connectivity index is 2.27. The molecule has 2 nitrogen and oxygen atoms in total. The summed E-state index contributed by atoms with van der Waals surface area (Å²) in [6, 6.07) is 0. The summed E-state index contributed by atoms with van der Waals surface area (Å²) >= 11 is 0. The molecule has 1 heterocycles. The molecule has 0 aliphatic carbocycles. The largest absolute Gasteiger partial charge is 0.461 e. The number of ether oxygens (including phenoxy) is 1. The summed E-state index contributed by atoms with van der Waals surface area (Å²) in [7, 11) is 0. The van der Waals surface area contributed by atoms with Crippen molar-refractivity contribution in [3.8, 4) is 0 Å². The Labute approximate surface area is 61.6 Å². The molecule has 1 aliphatic rings. The third kappa shape index (κ3) is 1.31. The molecular weight excluding hydrogens is 128 g/mol. The Hall–Kier alpha value is -0.530. The van der Waals surface area contributed by atoms with Gasteiger partial charge in [0.05, 0.1) is 5.92 Å². The molecule has 1 fully saturated rings. The summed E-state index contributed by atoms with van der Waals surface area (Å²) in [5.41, 5.74) is 0. The van der Waals surface area contributed by atoms with E-state index in [9.17, 15) is 4.79 Å². The van der Waals surface area contributed by atoms with E-state index >= 15 is 0 Å². The van der Waals surface area contributed by atoms with Gasteiger partial charge in [-0.1, -0.05) is 13.8 Å². The van der Waals surface area contributed by atoms with Crippen molar-refractivity contribution in [3.05, 3.63) is 0 Å². The molecule has 0 aromatic heterocycles. The average Bonchev–Trinajstić information content (AvgIpc) is 1.86. The van der Waals surface area contributed by atoms with Crippen LogP contribution in [0.2, 0.25) is 0 Å². The highest BCUT2D eigenvalue weighted by atomic mass is 16.6. The van der Waals surface area contributed by atoms with Crippen LogP contribution in [0.3, 0.4) is 0 Å². The summed E-state index contributed by atoms with van der Waals surface area (Å²) in [6.07, 6.45) is 1.21. The van der Waals surface area contributed by atoms with Crippen LogP contribution in [0.5, 0.6) is 0 Å². The Morgan fingerprint density at radius 3 is 2.50 bits per heavy atom. The molecule has 0 amide bonds. The normalized spacial score (nSPS) is 31.8. The number of hydrogen-bond acceptors (Lipinski definition) is 2. The summed E-state index contributed by atoms with van der Waals surface area (Å²) in [5, 5.41) is 0. The first-order valence-electron chi connectivity index (χ1n) is 3.81. The predicted molar refractivity (Wildman–Crippen MR) is 38.5 cm³/mol. The van der Waals surface area contributed by atoms with Gasteiger partial charge in [0, 0.05) is 0 Å². The molecule has 2 atom stereocenters. The summed E-state index contributed by atoms with van der Waals surface area (Å²) in [5.74, 6) is 0.730. The fourth-order valence-electron chi connectivity index (χ4n) is 1.15. The number of cyclic esters (lactones) is 1. The van der Waals surface area contributed by atoms with Crippen molar-refractivity contribution in [2.75, 3.05) is 0 Å². The van der Waals surface area contributed by atoms with Crippen LogP contribution < -0.4 is 0 Å². The number of carbonyl (C=O) groups is 1. The Morgan fingerprint density at radius 2 is 2.20 bits per heavy atom. The van der Waals surface area contributed by atoms with Gasteiger partial charge in [0.25, 0.3) is 0 Å². The van der Waals surface area contributed by atoms with Crippen molar-refractivity contribution in [3.63, 3.8) is 0 Å². The van der Waals surface area contributed by atoms with Crippen LogP contribution in [0.4, 0.5) is 0 Å². The maximum absolute atomic E-state index is 10.6. The van der Waals surface area contributed by atoms with Gasteiger partial charge in [-0.2, -0.15) is 0 Å². The highest BCUT2D eigenvalue weighted by Gasteiger charge is 2.38. The Bertz CT molecular complexity index is 140. The van der Waals surface area contributed by atoms with E-state index in [1.165, 1.54) is 0 Å². The third-order valence-electron chi connectivity index (χ3n) is 1.90. The van der Waals surface area contributed by atoms with Crippen molar-refractivity contribution in [2.24, 2.45) is 11.8 Å². The molecule has 0 radical (unpaired) electrons. The fraction of sp³-hybridized carbons (Fsp3) is 0.875. The van der Waals surface area contributed by atoms with E-state index < -0.39 is 0 Å². The molecule has 0 N–H and O–H groups in total. The summed E-state index contributed by atoms with van der Waals surface area (Å²) in [4.78, 5) is 10.6. The van der Waals surface area contributed by atoms with E-state index in [0.29, 0.717) is 5.92 Å². The molecule has 1 aliphatic heterocycles. The van der Waals surface area contributed by atoms with Gasteiger partial charge in [0.15, 0.2) is 0 Å². The maximum atomic E-state index is 10.6. The highest BCUT2D eigenvalue weighted by Crippen LogP contribution is 2.26. The Morgan fingerprint density at radius 1 is 1.60 bits per heavy atom. The summed E-state index contributed by atoms with van der Waals surface area (Å²) < 4.78 is 4.92. The molecular formula is C8H14O2.